The lowest BCUT2D eigenvalue weighted by molar-refractivity contribution is -0.139. The van der Waals surface area contributed by atoms with Crippen LogP contribution in [-0.4, -0.2) is 19.7 Å². The maximum absolute atomic E-state index is 12.9. The van der Waals surface area contributed by atoms with Crippen LogP contribution in [0, 0.1) is 5.82 Å². The van der Waals surface area contributed by atoms with Crippen molar-refractivity contribution in [2.24, 2.45) is 0 Å². The molecule has 0 atom stereocenters. The number of esters is 1. The van der Waals surface area contributed by atoms with Crippen LogP contribution in [0.5, 0.6) is 5.75 Å². The Labute approximate surface area is 102 Å². The van der Waals surface area contributed by atoms with Crippen LogP contribution in [0.25, 0.3) is 6.08 Å². The molecule has 0 aliphatic heterocycles. The van der Waals surface area contributed by atoms with Crippen LogP contribution in [-0.2, 0) is 9.53 Å². The summed E-state index contributed by atoms with van der Waals surface area (Å²) in [6.07, 6.45) is 2.79. The minimum Gasteiger partial charge on any atom is -0.469 e. The Kier molecular flexibility index (Phi) is 5.23. The number of carbonyl (C=O) groups excluding carboxylic acids is 1. The SMILES string of the molecule is COC(=O)CC=Cc1ccc(F)cc1OC(F)F. The maximum atomic E-state index is 12.9. The van der Waals surface area contributed by atoms with Gasteiger partial charge in [0.05, 0.1) is 13.5 Å². The highest BCUT2D eigenvalue weighted by Gasteiger charge is 2.09. The minimum absolute atomic E-state index is 0.0119. The molecule has 0 aromatic heterocycles. The molecule has 0 N–H and O–H groups in total. The molecule has 98 valence electrons. The predicted octanol–water partition coefficient (Wildman–Crippen LogP) is 3.00. The van der Waals surface area contributed by atoms with Gasteiger partial charge in [0.2, 0.25) is 0 Å². The van der Waals surface area contributed by atoms with Crippen LogP contribution in [0.2, 0.25) is 0 Å². The largest absolute Gasteiger partial charge is 0.469 e. The number of rotatable bonds is 5. The van der Waals surface area contributed by atoms with Gasteiger partial charge in [0, 0.05) is 11.6 Å². The summed E-state index contributed by atoms with van der Waals surface area (Å²) in [5.41, 5.74) is 0.251. The average Bonchev–Trinajstić information content (AvgIpc) is 2.31. The quantitative estimate of drug-likeness (QED) is 0.763. The van der Waals surface area contributed by atoms with E-state index < -0.39 is 18.4 Å². The van der Waals surface area contributed by atoms with E-state index >= 15 is 0 Å². The third-order valence-electron chi connectivity index (χ3n) is 2.00. The van der Waals surface area contributed by atoms with Crippen molar-refractivity contribution < 1.29 is 27.4 Å². The lowest BCUT2D eigenvalue weighted by atomic mass is 10.1. The molecule has 3 nitrogen and oxygen atoms in total. The molecule has 0 spiro atoms. The monoisotopic (exact) mass is 260 g/mol. The summed E-state index contributed by atoms with van der Waals surface area (Å²) in [4.78, 5) is 10.8. The highest BCUT2D eigenvalue weighted by atomic mass is 19.3. The summed E-state index contributed by atoms with van der Waals surface area (Å²) in [5.74, 6) is -1.44. The van der Waals surface area contributed by atoms with Crippen LogP contribution in [0.15, 0.2) is 24.3 Å². The van der Waals surface area contributed by atoms with Crippen molar-refractivity contribution in [2.45, 2.75) is 13.0 Å². The van der Waals surface area contributed by atoms with Crippen molar-refractivity contribution in [3.05, 3.63) is 35.7 Å². The van der Waals surface area contributed by atoms with Gasteiger partial charge in [-0.25, -0.2) is 4.39 Å². The number of halogens is 3. The number of hydrogen-bond donors (Lipinski definition) is 0. The summed E-state index contributed by atoms with van der Waals surface area (Å²) in [7, 11) is 1.24. The Morgan fingerprint density at radius 2 is 2.17 bits per heavy atom. The molecule has 18 heavy (non-hydrogen) atoms. The lowest BCUT2D eigenvalue weighted by Gasteiger charge is -2.07. The van der Waals surface area contributed by atoms with Gasteiger partial charge in [-0.05, 0) is 12.1 Å². The molecular weight excluding hydrogens is 249 g/mol. The Hall–Kier alpha value is -1.98. The van der Waals surface area contributed by atoms with E-state index in [4.69, 9.17) is 0 Å². The zero-order valence-corrected chi connectivity index (χ0v) is 9.53. The number of carbonyl (C=O) groups is 1. The summed E-state index contributed by atoms with van der Waals surface area (Å²) in [6, 6.07) is 3.24. The van der Waals surface area contributed by atoms with Gasteiger partial charge in [0.25, 0.3) is 0 Å². The molecule has 6 heteroatoms. The van der Waals surface area contributed by atoms with E-state index in [2.05, 4.69) is 9.47 Å². The first-order chi connectivity index (χ1) is 8.52. The Balaban J connectivity index is 2.83. The van der Waals surface area contributed by atoms with Crippen molar-refractivity contribution in [1.29, 1.82) is 0 Å². The third kappa shape index (κ3) is 4.48. The summed E-state index contributed by atoms with van der Waals surface area (Å²) < 4.78 is 45.6. The van der Waals surface area contributed by atoms with Crippen molar-refractivity contribution in [3.63, 3.8) is 0 Å². The van der Waals surface area contributed by atoms with Gasteiger partial charge in [-0.1, -0.05) is 12.2 Å². The summed E-state index contributed by atoms with van der Waals surface area (Å²) >= 11 is 0. The molecule has 0 heterocycles. The van der Waals surface area contributed by atoms with Crippen LogP contribution < -0.4 is 4.74 Å². The fraction of sp³-hybridized carbons (Fsp3) is 0.250. The number of alkyl halides is 2. The highest BCUT2D eigenvalue weighted by Crippen LogP contribution is 2.23. The normalized spacial score (nSPS) is 10.9. The van der Waals surface area contributed by atoms with Gasteiger partial charge in [-0.15, -0.1) is 0 Å². The average molecular weight is 260 g/mol. The molecule has 0 radical (unpaired) electrons. The Bertz CT molecular complexity index is 444. The van der Waals surface area contributed by atoms with E-state index in [1.54, 1.807) is 0 Å². The number of methoxy groups -OCH3 is 1. The lowest BCUT2D eigenvalue weighted by Crippen LogP contribution is -2.03. The first-order valence-corrected chi connectivity index (χ1v) is 5.00. The molecule has 0 aliphatic carbocycles. The van der Waals surface area contributed by atoms with Gasteiger partial charge >= 0.3 is 12.6 Å². The van der Waals surface area contributed by atoms with Gasteiger partial charge in [-0.2, -0.15) is 8.78 Å². The Morgan fingerprint density at radius 1 is 1.44 bits per heavy atom. The van der Waals surface area contributed by atoms with Crippen LogP contribution in [0.4, 0.5) is 13.2 Å². The number of benzene rings is 1. The van der Waals surface area contributed by atoms with E-state index in [0.717, 1.165) is 12.1 Å². The molecule has 0 unspecified atom stereocenters. The third-order valence-corrected chi connectivity index (χ3v) is 2.00. The number of ether oxygens (including phenoxy) is 2. The topological polar surface area (TPSA) is 35.5 Å². The van der Waals surface area contributed by atoms with E-state index in [1.807, 2.05) is 0 Å². The van der Waals surface area contributed by atoms with Crippen LogP contribution in [0.1, 0.15) is 12.0 Å². The van der Waals surface area contributed by atoms with E-state index in [0.29, 0.717) is 0 Å². The smallest absolute Gasteiger partial charge is 0.387 e. The van der Waals surface area contributed by atoms with E-state index in [-0.39, 0.29) is 17.7 Å². The maximum Gasteiger partial charge on any atom is 0.387 e. The molecule has 0 saturated heterocycles. The second kappa shape index (κ2) is 6.68. The molecule has 0 saturated carbocycles. The van der Waals surface area contributed by atoms with Crippen molar-refractivity contribution in [1.82, 2.24) is 0 Å². The minimum atomic E-state index is -3.04. The highest BCUT2D eigenvalue weighted by molar-refractivity contribution is 5.73. The first-order valence-electron chi connectivity index (χ1n) is 5.00. The van der Waals surface area contributed by atoms with Crippen LogP contribution >= 0.6 is 0 Å². The van der Waals surface area contributed by atoms with Crippen molar-refractivity contribution in [3.8, 4) is 5.75 Å². The Morgan fingerprint density at radius 3 is 2.78 bits per heavy atom. The van der Waals surface area contributed by atoms with Crippen molar-refractivity contribution >= 4 is 12.0 Å². The predicted molar refractivity (Wildman–Crippen MR) is 58.7 cm³/mol. The summed E-state index contributed by atoms with van der Waals surface area (Å²) in [5, 5.41) is 0. The summed E-state index contributed by atoms with van der Waals surface area (Å²) in [6.45, 7) is -3.04. The molecule has 1 rings (SSSR count). The van der Waals surface area contributed by atoms with E-state index in [1.165, 1.54) is 25.3 Å². The van der Waals surface area contributed by atoms with Gasteiger partial charge < -0.3 is 9.47 Å². The molecular formula is C12H11F3O3. The molecule has 1 aromatic carbocycles. The zero-order valence-electron chi connectivity index (χ0n) is 9.53. The molecule has 0 amide bonds. The second-order valence-electron chi connectivity index (χ2n) is 3.24. The van der Waals surface area contributed by atoms with Crippen LogP contribution in [0.3, 0.4) is 0 Å². The molecule has 0 aliphatic rings. The molecule has 1 aromatic rings. The van der Waals surface area contributed by atoms with E-state index in [9.17, 15) is 18.0 Å². The van der Waals surface area contributed by atoms with Gasteiger partial charge in [0.1, 0.15) is 11.6 Å². The molecule has 0 bridgehead atoms. The van der Waals surface area contributed by atoms with Gasteiger partial charge in [-0.3, -0.25) is 4.79 Å². The fourth-order valence-electron chi connectivity index (χ4n) is 1.21. The zero-order chi connectivity index (χ0) is 13.5. The number of hydrogen-bond acceptors (Lipinski definition) is 3. The fourth-order valence-corrected chi connectivity index (χ4v) is 1.21. The van der Waals surface area contributed by atoms with Crippen molar-refractivity contribution in [2.75, 3.05) is 7.11 Å². The van der Waals surface area contributed by atoms with Gasteiger partial charge in [0.15, 0.2) is 0 Å². The standard InChI is InChI=1S/C12H11F3O3/c1-17-11(16)4-2-3-8-5-6-9(13)7-10(8)18-12(14)15/h2-3,5-7,12H,4H2,1H3. The first kappa shape index (κ1) is 14.1. The second-order valence-corrected chi connectivity index (χ2v) is 3.24. The molecule has 0 fully saturated rings.